The third kappa shape index (κ3) is 4.21. The van der Waals surface area contributed by atoms with Crippen LogP contribution in [0.2, 0.25) is 0 Å². The van der Waals surface area contributed by atoms with Crippen LogP contribution in [0.15, 0.2) is 59.7 Å². The number of rotatable bonds is 4. The van der Waals surface area contributed by atoms with Gasteiger partial charge in [0.1, 0.15) is 11.5 Å². The van der Waals surface area contributed by atoms with E-state index in [1.54, 1.807) is 14.2 Å². The van der Waals surface area contributed by atoms with E-state index < -0.39 is 0 Å². The maximum absolute atomic E-state index is 12.9. The van der Waals surface area contributed by atoms with Crippen LogP contribution in [0.1, 0.15) is 11.1 Å². The highest BCUT2D eigenvalue weighted by Crippen LogP contribution is 2.23. The lowest BCUT2D eigenvalue weighted by atomic mass is 9.94. The Bertz CT molecular complexity index is 763. The first-order valence-corrected chi connectivity index (χ1v) is 8.51. The van der Waals surface area contributed by atoms with Gasteiger partial charge in [-0.05, 0) is 54.6 Å². The van der Waals surface area contributed by atoms with E-state index in [1.807, 2.05) is 67.7 Å². The van der Waals surface area contributed by atoms with Gasteiger partial charge in [-0.3, -0.25) is 9.69 Å². The molecule has 0 aliphatic carbocycles. The van der Waals surface area contributed by atoms with E-state index in [-0.39, 0.29) is 5.78 Å². The van der Waals surface area contributed by atoms with Crippen molar-refractivity contribution in [3.8, 4) is 11.5 Å². The zero-order chi connectivity index (χ0) is 18.5. The number of carbonyl (C=O) groups is 1. The summed E-state index contributed by atoms with van der Waals surface area (Å²) < 4.78 is 10.4. The standard InChI is InChI=1S/C22H23NO3/c1-23-14-18(12-16-4-8-20(25-2)9-5-16)22(24)19(15-23)13-17-6-10-21(26-3)11-7-17/h4-13H,14-15H2,1-3H3/b18-12-,19-13-. The van der Waals surface area contributed by atoms with Crippen LogP contribution in [0.3, 0.4) is 0 Å². The fourth-order valence-electron chi connectivity index (χ4n) is 3.01. The summed E-state index contributed by atoms with van der Waals surface area (Å²) in [7, 11) is 5.31. The molecule has 1 heterocycles. The number of carbonyl (C=O) groups excluding carboxylic acids is 1. The van der Waals surface area contributed by atoms with E-state index in [0.29, 0.717) is 13.1 Å². The minimum absolute atomic E-state index is 0.106. The molecule has 0 saturated carbocycles. The molecule has 1 saturated heterocycles. The van der Waals surface area contributed by atoms with Gasteiger partial charge >= 0.3 is 0 Å². The van der Waals surface area contributed by atoms with E-state index in [9.17, 15) is 4.79 Å². The lowest BCUT2D eigenvalue weighted by molar-refractivity contribution is -0.113. The smallest absolute Gasteiger partial charge is 0.187 e. The first kappa shape index (κ1) is 18.0. The average Bonchev–Trinajstić information content (AvgIpc) is 2.66. The van der Waals surface area contributed by atoms with Crippen molar-refractivity contribution in [2.45, 2.75) is 0 Å². The van der Waals surface area contributed by atoms with Crippen LogP contribution < -0.4 is 9.47 Å². The molecule has 0 unspecified atom stereocenters. The molecule has 4 nitrogen and oxygen atoms in total. The summed E-state index contributed by atoms with van der Waals surface area (Å²) in [5.74, 6) is 1.72. The maximum atomic E-state index is 12.9. The molecule has 1 aliphatic heterocycles. The number of likely N-dealkylation sites (tertiary alicyclic amines) is 1. The Morgan fingerprint density at radius 1 is 0.769 bits per heavy atom. The first-order chi connectivity index (χ1) is 12.6. The molecular weight excluding hydrogens is 326 g/mol. The van der Waals surface area contributed by atoms with Gasteiger partial charge in [0.05, 0.1) is 14.2 Å². The lowest BCUT2D eigenvalue weighted by Gasteiger charge is -2.26. The topological polar surface area (TPSA) is 38.8 Å². The van der Waals surface area contributed by atoms with Crippen molar-refractivity contribution in [2.75, 3.05) is 34.4 Å². The molecule has 0 aromatic heterocycles. The highest BCUT2D eigenvalue weighted by Gasteiger charge is 2.23. The molecule has 134 valence electrons. The van der Waals surface area contributed by atoms with Crippen molar-refractivity contribution in [2.24, 2.45) is 0 Å². The third-order valence-corrected chi connectivity index (χ3v) is 4.38. The van der Waals surface area contributed by atoms with E-state index in [2.05, 4.69) is 4.90 Å². The quantitative estimate of drug-likeness (QED) is 0.789. The van der Waals surface area contributed by atoms with Crippen LogP contribution in [0.25, 0.3) is 12.2 Å². The summed E-state index contributed by atoms with van der Waals surface area (Å²) in [5, 5.41) is 0. The van der Waals surface area contributed by atoms with Gasteiger partial charge in [0, 0.05) is 24.2 Å². The van der Waals surface area contributed by atoms with E-state index >= 15 is 0 Å². The number of methoxy groups -OCH3 is 2. The van der Waals surface area contributed by atoms with Crippen LogP contribution in [0.4, 0.5) is 0 Å². The summed E-state index contributed by atoms with van der Waals surface area (Å²) in [5.41, 5.74) is 3.58. The largest absolute Gasteiger partial charge is 0.497 e. The van der Waals surface area contributed by atoms with Gasteiger partial charge in [-0.2, -0.15) is 0 Å². The molecule has 1 aliphatic rings. The second-order valence-electron chi connectivity index (χ2n) is 6.39. The first-order valence-electron chi connectivity index (χ1n) is 8.51. The van der Waals surface area contributed by atoms with Crippen molar-refractivity contribution in [3.63, 3.8) is 0 Å². The van der Waals surface area contributed by atoms with Gasteiger partial charge in [-0.25, -0.2) is 0 Å². The molecule has 1 fully saturated rings. The molecule has 3 rings (SSSR count). The van der Waals surface area contributed by atoms with Crippen LogP contribution in [-0.2, 0) is 4.79 Å². The van der Waals surface area contributed by atoms with Crippen LogP contribution in [0, 0.1) is 0 Å². The normalized spacial score (nSPS) is 18.3. The highest BCUT2D eigenvalue weighted by atomic mass is 16.5. The van der Waals surface area contributed by atoms with Crippen LogP contribution >= 0.6 is 0 Å². The van der Waals surface area contributed by atoms with Gasteiger partial charge in [-0.15, -0.1) is 0 Å². The highest BCUT2D eigenvalue weighted by molar-refractivity contribution is 6.14. The Morgan fingerprint density at radius 2 is 1.15 bits per heavy atom. The number of ketones is 1. The molecule has 2 aromatic rings. The van der Waals surface area contributed by atoms with Crippen molar-refractivity contribution in [3.05, 3.63) is 70.8 Å². The Morgan fingerprint density at radius 3 is 1.50 bits per heavy atom. The van der Waals surface area contributed by atoms with Gasteiger partial charge in [-0.1, -0.05) is 24.3 Å². The second kappa shape index (κ2) is 8.02. The summed E-state index contributed by atoms with van der Waals surface area (Å²) in [6, 6.07) is 15.4. The SMILES string of the molecule is COc1ccc(/C=C2/CN(C)C/C(=C/c3ccc(OC)cc3)C2=O)cc1. The number of benzene rings is 2. The number of hydrogen-bond donors (Lipinski definition) is 0. The monoisotopic (exact) mass is 349 g/mol. The molecular formula is C22H23NO3. The van der Waals surface area contributed by atoms with Crippen molar-refractivity contribution in [1.29, 1.82) is 0 Å². The van der Waals surface area contributed by atoms with E-state index in [4.69, 9.17) is 9.47 Å². The molecule has 4 heteroatoms. The summed E-state index contributed by atoms with van der Waals surface area (Å²) in [6.07, 6.45) is 3.92. The zero-order valence-electron chi connectivity index (χ0n) is 15.4. The van der Waals surface area contributed by atoms with Crippen molar-refractivity contribution in [1.82, 2.24) is 4.90 Å². The molecule has 2 aromatic carbocycles. The zero-order valence-corrected chi connectivity index (χ0v) is 15.4. The number of Topliss-reactive ketones (excluding diaryl/α,β-unsaturated/α-hetero) is 1. The van der Waals surface area contributed by atoms with E-state index in [0.717, 1.165) is 33.8 Å². The average molecular weight is 349 g/mol. The Hall–Kier alpha value is -2.85. The lowest BCUT2D eigenvalue weighted by Crippen LogP contribution is -2.34. The van der Waals surface area contributed by atoms with Crippen LogP contribution in [0.5, 0.6) is 11.5 Å². The number of ether oxygens (including phenoxy) is 2. The Balaban J connectivity index is 1.86. The third-order valence-electron chi connectivity index (χ3n) is 4.38. The maximum Gasteiger partial charge on any atom is 0.187 e. The Kier molecular flexibility index (Phi) is 5.54. The Labute approximate surface area is 154 Å². The van der Waals surface area contributed by atoms with Crippen molar-refractivity contribution >= 4 is 17.9 Å². The molecule has 0 N–H and O–H groups in total. The molecule has 0 radical (unpaired) electrons. The minimum atomic E-state index is 0.106. The van der Waals surface area contributed by atoms with Gasteiger partial charge in [0.2, 0.25) is 0 Å². The van der Waals surface area contributed by atoms with Crippen molar-refractivity contribution < 1.29 is 14.3 Å². The fraction of sp³-hybridized carbons (Fsp3) is 0.227. The number of likely N-dealkylation sites (N-methyl/N-ethyl adjacent to an activating group) is 1. The van der Waals surface area contributed by atoms with Gasteiger partial charge in [0.15, 0.2) is 5.78 Å². The molecule has 0 spiro atoms. The summed E-state index contributed by atoms with van der Waals surface area (Å²) in [4.78, 5) is 15.1. The van der Waals surface area contributed by atoms with Gasteiger partial charge < -0.3 is 9.47 Å². The summed E-state index contributed by atoms with van der Waals surface area (Å²) >= 11 is 0. The van der Waals surface area contributed by atoms with E-state index in [1.165, 1.54) is 0 Å². The van der Waals surface area contributed by atoms with Gasteiger partial charge in [0.25, 0.3) is 0 Å². The molecule has 0 amide bonds. The number of piperidine rings is 1. The minimum Gasteiger partial charge on any atom is -0.497 e. The van der Waals surface area contributed by atoms with Crippen LogP contribution in [-0.4, -0.2) is 45.0 Å². The number of hydrogen-bond acceptors (Lipinski definition) is 4. The predicted octanol–water partition coefficient (Wildman–Crippen LogP) is 3.69. The fourth-order valence-corrected chi connectivity index (χ4v) is 3.01. The predicted molar refractivity (Wildman–Crippen MR) is 104 cm³/mol. The number of nitrogens with zero attached hydrogens (tertiary/aromatic N) is 1. The second-order valence-corrected chi connectivity index (χ2v) is 6.39. The molecule has 0 atom stereocenters. The molecule has 26 heavy (non-hydrogen) atoms. The summed E-state index contributed by atoms with van der Waals surface area (Å²) in [6.45, 7) is 1.29. The molecule has 0 bridgehead atoms.